The van der Waals surface area contributed by atoms with E-state index in [1.165, 1.54) is 13.8 Å². The number of esters is 1. The third kappa shape index (κ3) is 5.14. The molecule has 0 bridgehead atoms. The molecule has 2 aromatic rings. The molecule has 1 aromatic heterocycles. The van der Waals surface area contributed by atoms with Gasteiger partial charge in [0.15, 0.2) is 4.90 Å². The average molecular weight is 391 g/mol. The van der Waals surface area contributed by atoms with E-state index in [9.17, 15) is 14.1 Å². The zero-order chi connectivity index (χ0) is 20.2. The lowest BCUT2D eigenvalue weighted by Gasteiger charge is -2.21. The number of aryl methyl sites for hydroxylation is 1. The topological polar surface area (TPSA) is 91.6 Å². The summed E-state index contributed by atoms with van der Waals surface area (Å²) in [6, 6.07) is 10.1. The summed E-state index contributed by atoms with van der Waals surface area (Å²) in [5, 5.41) is 9.16. The fourth-order valence-corrected chi connectivity index (χ4v) is 4.04. The third-order valence-electron chi connectivity index (χ3n) is 4.41. The Morgan fingerprint density at radius 1 is 1.26 bits per heavy atom. The molecule has 146 valence electrons. The molecule has 0 aliphatic rings. The van der Waals surface area contributed by atoms with Crippen LogP contribution in [0.4, 0.5) is 0 Å². The normalized spacial score (nSPS) is 13.8. The van der Waals surface area contributed by atoms with Crippen molar-refractivity contribution in [3.05, 3.63) is 48.3 Å². The molecule has 7 heteroatoms. The summed E-state index contributed by atoms with van der Waals surface area (Å²) in [4.78, 5) is 24.2. The number of nitrogens with zero attached hydrogens (tertiary/aromatic N) is 1. The molecule has 6 nitrogen and oxygen atoms in total. The summed E-state index contributed by atoms with van der Waals surface area (Å²) in [7, 11) is 1.88. The molecule has 0 saturated carbocycles. The number of carbonyl (C=O) groups is 2. The van der Waals surface area contributed by atoms with Crippen molar-refractivity contribution in [3.8, 4) is 5.75 Å². The number of hydrogen-bond acceptors (Lipinski definition) is 4. The van der Waals surface area contributed by atoms with Gasteiger partial charge >= 0.3 is 11.9 Å². The van der Waals surface area contributed by atoms with Crippen molar-refractivity contribution in [2.75, 3.05) is 5.75 Å². The number of aromatic nitrogens is 1. The van der Waals surface area contributed by atoms with E-state index < -0.39 is 22.6 Å². The standard InChI is InChI=1S/C20H25NO5S/c1-5-16(17-7-6-12-21(17)4)18(22)26-14-8-10-15(11-9-14)27(25)13-20(2,3)19(23)24/h6-12,16H,5,13H2,1-4H3,(H,23,24). The minimum absolute atomic E-state index is 0.00681. The van der Waals surface area contributed by atoms with Crippen molar-refractivity contribution in [1.29, 1.82) is 0 Å². The SMILES string of the molecule is CCC(C(=O)Oc1ccc([S+]([O-])CC(C)(C)C(=O)O)cc1)c1cccn1C. The Labute approximate surface area is 162 Å². The van der Waals surface area contributed by atoms with Crippen molar-refractivity contribution < 1.29 is 24.0 Å². The minimum atomic E-state index is -1.46. The first-order valence-corrected chi connectivity index (χ1v) is 10.0. The molecule has 0 amide bonds. The van der Waals surface area contributed by atoms with Crippen molar-refractivity contribution in [3.63, 3.8) is 0 Å². The van der Waals surface area contributed by atoms with Gasteiger partial charge in [0.1, 0.15) is 16.9 Å². The highest BCUT2D eigenvalue weighted by Gasteiger charge is 2.34. The maximum absolute atomic E-state index is 12.5. The Morgan fingerprint density at radius 3 is 2.37 bits per heavy atom. The van der Waals surface area contributed by atoms with Crippen LogP contribution in [0.15, 0.2) is 47.5 Å². The molecule has 0 aliphatic heterocycles. The lowest BCUT2D eigenvalue weighted by Crippen LogP contribution is -2.32. The molecule has 2 rings (SSSR count). The second-order valence-corrected chi connectivity index (χ2v) is 8.53. The number of rotatable bonds is 8. The van der Waals surface area contributed by atoms with E-state index in [0.29, 0.717) is 17.1 Å². The largest absolute Gasteiger partial charge is 0.611 e. The Kier molecular flexibility index (Phi) is 6.73. The summed E-state index contributed by atoms with van der Waals surface area (Å²) >= 11 is -1.46. The van der Waals surface area contributed by atoms with E-state index in [2.05, 4.69) is 0 Å². The summed E-state index contributed by atoms with van der Waals surface area (Å²) in [6.45, 7) is 5.01. The molecule has 1 aromatic carbocycles. The van der Waals surface area contributed by atoms with Gasteiger partial charge in [0.05, 0.1) is 5.92 Å². The highest BCUT2D eigenvalue weighted by molar-refractivity contribution is 7.91. The van der Waals surface area contributed by atoms with Gasteiger partial charge in [0.2, 0.25) is 0 Å². The number of benzene rings is 1. The van der Waals surface area contributed by atoms with Gasteiger partial charge in [0.25, 0.3) is 0 Å². The van der Waals surface area contributed by atoms with Crippen LogP contribution >= 0.6 is 0 Å². The zero-order valence-corrected chi connectivity index (χ0v) is 16.8. The first-order chi connectivity index (χ1) is 12.7. The monoisotopic (exact) mass is 391 g/mol. The number of hydrogen-bond donors (Lipinski definition) is 1. The van der Waals surface area contributed by atoms with Crippen molar-refractivity contribution in [1.82, 2.24) is 4.57 Å². The number of carboxylic acids is 1. The molecular formula is C20H25NO5S. The molecule has 0 spiro atoms. The van der Waals surface area contributed by atoms with Gasteiger partial charge in [-0.05, 0) is 67.8 Å². The summed E-state index contributed by atoms with van der Waals surface area (Å²) in [5.41, 5.74) is -0.199. The lowest BCUT2D eigenvalue weighted by molar-refractivity contribution is -0.145. The van der Waals surface area contributed by atoms with Crippen LogP contribution in [0, 0.1) is 5.41 Å². The molecule has 2 atom stereocenters. The van der Waals surface area contributed by atoms with Crippen LogP contribution in [0.3, 0.4) is 0 Å². The number of carbonyl (C=O) groups excluding carboxylic acids is 1. The van der Waals surface area contributed by atoms with Gasteiger partial charge in [-0.1, -0.05) is 6.92 Å². The van der Waals surface area contributed by atoms with Gasteiger partial charge in [-0.25, -0.2) is 0 Å². The average Bonchev–Trinajstić information content (AvgIpc) is 3.01. The maximum Gasteiger partial charge on any atom is 0.320 e. The van der Waals surface area contributed by atoms with Crippen LogP contribution in [0.2, 0.25) is 0 Å². The summed E-state index contributed by atoms with van der Waals surface area (Å²) in [6.07, 6.45) is 2.50. The van der Waals surface area contributed by atoms with Crippen LogP contribution in [-0.2, 0) is 27.8 Å². The number of aliphatic carboxylic acids is 1. The summed E-state index contributed by atoms with van der Waals surface area (Å²) in [5.74, 6) is -1.33. The second-order valence-electron chi connectivity index (χ2n) is 7.08. The first kappa shape index (κ1) is 21.1. The van der Waals surface area contributed by atoms with E-state index >= 15 is 0 Å². The molecule has 0 radical (unpaired) electrons. The fraction of sp³-hybridized carbons (Fsp3) is 0.400. The summed E-state index contributed by atoms with van der Waals surface area (Å²) < 4.78 is 19.8. The molecule has 0 aliphatic carbocycles. The second kappa shape index (κ2) is 8.63. The lowest BCUT2D eigenvalue weighted by atomic mass is 9.97. The highest BCUT2D eigenvalue weighted by Crippen LogP contribution is 2.26. The quantitative estimate of drug-likeness (QED) is 0.423. The van der Waals surface area contributed by atoms with Crippen LogP contribution in [0.25, 0.3) is 0 Å². The van der Waals surface area contributed by atoms with E-state index in [-0.39, 0.29) is 17.6 Å². The van der Waals surface area contributed by atoms with Gasteiger partial charge in [-0.3, -0.25) is 9.59 Å². The Bertz CT molecular complexity index is 797. The number of carboxylic acid groups (broad SMARTS) is 1. The minimum Gasteiger partial charge on any atom is -0.611 e. The van der Waals surface area contributed by atoms with Crippen LogP contribution < -0.4 is 4.74 Å². The van der Waals surface area contributed by atoms with Crippen molar-refractivity contribution >= 4 is 23.1 Å². The number of ether oxygens (including phenoxy) is 1. The predicted molar refractivity (Wildman–Crippen MR) is 103 cm³/mol. The van der Waals surface area contributed by atoms with Gasteiger partial charge in [-0.15, -0.1) is 0 Å². The van der Waals surface area contributed by atoms with Gasteiger partial charge < -0.3 is 19.0 Å². The molecule has 1 heterocycles. The predicted octanol–water partition coefficient (Wildman–Crippen LogP) is 3.34. The smallest absolute Gasteiger partial charge is 0.320 e. The van der Waals surface area contributed by atoms with E-state index in [1.807, 2.05) is 36.9 Å². The molecule has 1 N–H and O–H groups in total. The first-order valence-electron chi connectivity index (χ1n) is 8.70. The van der Waals surface area contributed by atoms with Crippen LogP contribution in [0.1, 0.15) is 38.8 Å². The fourth-order valence-electron chi connectivity index (χ4n) is 2.65. The van der Waals surface area contributed by atoms with Crippen molar-refractivity contribution in [2.24, 2.45) is 12.5 Å². The van der Waals surface area contributed by atoms with Gasteiger partial charge in [-0.2, -0.15) is 0 Å². The van der Waals surface area contributed by atoms with Crippen molar-refractivity contribution in [2.45, 2.75) is 38.0 Å². The Morgan fingerprint density at radius 2 is 1.89 bits per heavy atom. The molecule has 0 saturated heterocycles. The zero-order valence-electron chi connectivity index (χ0n) is 16.0. The molecule has 0 fully saturated rings. The third-order valence-corrected chi connectivity index (χ3v) is 6.19. The van der Waals surface area contributed by atoms with E-state index in [1.54, 1.807) is 24.3 Å². The van der Waals surface area contributed by atoms with Gasteiger partial charge in [0, 0.05) is 18.9 Å². The highest BCUT2D eigenvalue weighted by atomic mass is 32.2. The maximum atomic E-state index is 12.5. The Balaban J connectivity index is 2.05. The molecule has 27 heavy (non-hydrogen) atoms. The molecule has 2 unspecified atom stereocenters. The van der Waals surface area contributed by atoms with Crippen LogP contribution in [0.5, 0.6) is 5.75 Å². The van der Waals surface area contributed by atoms with E-state index in [0.717, 1.165) is 5.69 Å². The Hall–Kier alpha value is -2.25. The van der Waals surface area contributed by atoms with E-state index in [4.69, 9.17) is 9.84 Å². The van der Waals surface area contributed by atoms with Crippen LogP contribution in [-0.4, -0.2) is 31.9 Å². The molecular weight excluding hydrogens is 366 g/mol.